The molecule has 0 saturated carbocycles. The molecule has 0 amide bonds. The molecule has 0 aliphatic carbocycles. The van der Waals surface area contributed by atoms with Gasteiger partial charge in [0.05, 0.1) is 0 Å². The average Bonchev–Trinajstić information content (AvgIpc) is 2.17. The number of para-hydroxylation sites is 1. The number of aromatic hydroxyl groups is 1. The van der Waals surface area contributed by atoms with Crippen LogP contribution in [0.25, 0.3) is 0 Å². The molecule has 0 spiro atoms. The summed E-state index contributed by atoms with van der Waals surface area (Å²) in [6.45, 7) is 3.06. The van der Waals surface area contributed by atoms with Gasteiger partial charge < -0.3 is 9.29 Å². The van der Waals surface area contributed by atoms with Crippen LogP contribution in [-0.2, 0) is 19.1 Å². The molecular formula is C9H8O5S. The van der Waals surface area contributed by atoms with E-state index in [0.29, 0.717) is 0 Å². The summed E-state index contributed by atoms with van der Waals surface area (Å²) in [4.78, 5) is 10.3. The maximum Gasteiger partial charge on any atom is 0.346 e. The normalized spacial score (nSPS) is 10.7. The van der Waals surface area contributed by atoms with Crippen molar-refractivity contribution < 1.29 is 22.5 Å². The molecule has 5 nitrogen and oxygen atoms in total. The van der Waals surface area contributed by atoms with E-state index in [1.807, 2.05) is 0 Å². The first kappa shape index (κ1) is 11.3. The van der Waals surface area contributed by atoms with Crippen LogP contribution in [0.4, 0.5) is 0 Å². The highest BCUT2D eigenvalue weighted by atomic mass is 32.2. The lowest BCUT2D eigenvalue weighted by Gasteiger charge is -2.04. The standard InChI is InChI=1S/C9H8O5S/c1-2-9(11)14-15(12,13)8-6-4-3-5-7(8)10/h2-6,10H,1H2. The van der Waals surface area contributed by atoms with Gasteiger partial charge in [-0.05, 0) is 12.1 Å². The Balaban J connectivity index is 3.12. The SMILES string of the molecule is C=CC(=O)OS(=O)(=O)c1ccccc1O. The van der Waals surface area contributed by atoms with Crippen LogP contribution in [0.5, 0.6) is 5.75 Å². The predicted octanol–water partition coefficient (Wildman–Crippen LogP) is 0.810. The van der Waals surface area contributed by atoms with Gasteiger partial charge in [-0.2, -0.15) is 8.42 Å². The van der Waals surface area contributed by atoms with E-state index in [9.17, 15) is 18.3 Å². The minimum atomic E-state index is -4.27. The van der Waals surface area contributed by atoms with Crippen LogP contribution in [0.3, 0.4) is 0 Å². The van der Waals surface area contributed by atoms with Gasteiger partial charge in [0.25, 0.3) is 0 Å². The lowest BCUT2D eigenvalue weighted by Crippen LogP contribution is -2.11. The van der Waals surface area contributed by atoms with E-state index in [0.717, 1.165) is 12.1 Å². The molecule has 0 atom stereocenters. The molecule has 15 heavy (non-hydrogen) atoms. The molecule has 0 saturated heterocycles. The average molecular weight is 228 g/mol. The summed E-state index contributed by atoms with van der Waals surface area (Å²) in [6, 6.07) is 5.15. The van der Waals surface area contributed by atoms with Crippen LogP contribution in [0.1, 0.15) is 0 Å². The zero-order valence-corrected chi connectivity index (χ0v) is 8.40. The summed E-state index contributed by atoms with van der Waals surface area (Å²) in [7, 11) is -4.27. The fourth-order valence-electron chi connectivity index (χ4n) is 0.856. The molecule has 0 unspecified atom stereocenters. The summed E-state index contributed by atoms with van der Waals surface area (Å²) in [5.74, 6) is -1.58. The van der Waals surface area contributed by atoms with Crippen molar-refractivity contribution in [1.29, 1.82) is 0 Å². The van der Waals surface area contributed by atoms with Gasteiger partial charge >= 0.3 is 16.1 Å². The Kier molecular flexibility index (Phi) is 3.11. The number of carbonyl (C=O) groups is 1. The van der Waals surface area contributed by atoms with Crippen molar-refractivity contribution >= 4 is 16.1 Å². The number of carbonyl (C=O) groups excluding carboxylic acids is 1. The highest BCUT2D eigenvalue weighted by Gasteiger charge is 2.21. The number of phenolic OH excluding ortho intramolecular Hbond substituents is 1. The minimum Gasteiger partial charge on any atom is -0.506 e. The fourth-order valence-corrected chi connectivity index (χ4v) is 1.80. The van der Waals surface area contributed by atoms with E-state index in [2.05, 4.69) is 10.8 Å². The Morgan fingerprint density at radius 3 is 2.53 bits per heavy atom. The molecule has 0 aromatic heterocycles. The molecule has 0 aliphatic heterocycles. The molecule has 0 heterocycles. The monoisotopic (exact) mass is 228 g/mol. The Labute approximate surface area is 86.7 Å². The Bertz CT molecular complexity index is 489. The number of benzene rings is 1. The van der Waals surface area contributed by atoms with E-state index in [1.165, 1.54) is 18.2 Å². The predicted molar refractivity (Wildman–Crippen MR) is 51.6 cm³/mol. The second-order valence-electron chi connectivity index (χ2n) is 2.53. The molecule has 1 N–H and O–H groups in total. The number of phenols is 1. The Morgan fingerprint density at radius 2 is 2.00 bits per heavy atom. The summed E-state index contributed by atoms with van der Waals surface area (Å²) in [6.07, 6.45) is 0.720. The van der Waals surface area contributed by atoms with E-state index in [4.69, 9.17) is 0 Å². The van der Waals surface area contributed by atoms with E-state index < -0.39 is 26.7 Å². The van der Waals surface area contributed by atoms with Crippen molar-refractivity contribution in [1.82, 2.24) is 0 Å². The zero-order chi connectivity index (χ0) is 11.5. The van der Waals surface area contributed by atoms with E-state index in [1.54, 1.807) is 0 Å². The molecule has 0 radical (unpaired) electrons. The molecule has 1 aromatic rings. The maximum absolute atomic E-state index is 11.4. The van der Waals surface area contributed by atoms with E-state index in [-0.39, 0.29) is 0 Å². The number of hydrogen-bond acceptors (Lipinski definition) is 5. The quantitative estimate of drug-likeness (QED) is 0.611. The molecule has 0 aliphatic rings. The fraction of sp³-hybridized carbons (Fsp3) is 0. The van der Waals surface area contributed by atoms with Crippen molar-refractivity contribution in [3.63, 3.8) is 0 Å². The molecule has 1 aromatic carbocycles. The van der Waals surface area contributed by atoms with E-state index >= 15 is 0 Å². The first-order valence-corrected chi connectivity index (χ1v) is 5.27. The van der Waals surface area contributed by atoms with Gasteiger partial charge in [0, 0.05) is 6.08 Å². The number of rotatable bonds is 3. The molecule has 0 bridgehead atoms. The van der Waals surface area contributed by atoms with Gasteiger partial charge in [-0.3, -0.25) is 0 Å². The second-order valence-corrected chi connectivity index (χ2v) is 4.04. The van der Waals surface area contributed by atoms with Crippen LogP contribution in [-0.4, -0.2) is 19.5 Å². The molecule has 1 rings (SSSR count). The Hall–Kier alpha value is -1.82. The summed E-state index contributed by atoms with van der Waals surface area (Å²) >= 11 is 0. The van der Waals surface area contributed by atoms with Gasteiger partial charge in [-0.25, -0.2) is 4.79 Å². The van der Waals surface area contributed by atoms with Gasteiger partial charge in [-0.1, -0.05) is 18.7 Å². The molecule has 0 fully saturated rings. The Morgan fingerprint density at radius 1 is 1.40 bits per heavy atom. The minimum absolute atomic E-state index is 0.458. The summed E-state index contributed by atoms with van der Waals surface area (Å²) < 4.78 is 26.9. The van der Waals surface area contributed by atoms with Gasteiger partial charge in [0.2, 0.25) is 0 Å². The van der Waals surface area contributed by atoms with Crippen LogP contribution < -0.4 is 0 Å². The van der Waals surface area contributed by atoms with Crippen LogP contribution in [0.15, 0.2) is 41.8 Å². The highest BCUT2D eigenvalue weighted by Crippen LogP contribution is 2.23. The topological polar surface area (TPSA) is 80.7 Å². The van der Waals surface area contributed by atoms with Gasteiger partial charge in [-0.15, -0.1) is 0 Å². The number of hydrogen-bond donors (Lipinski definition) is 1. The highest BCUT2D eigenvalue weighted by molar-refractivity contribution is 7.87. The lowest BCUT2D eigenvalue weighted by atomic mass is 10.3. The van der Waals surface area contributed by atoms with Gasteiger partial charge in [0.15, 0.2) is 0 Å². The second kappa shape index (κ2) is 4.14. The van der Waals surface area contributed by atoms with Crippen molar-refractivity contribution in [2.45, 2.75) is 4.90 Å². The third kappa shape index (κ3) is 2.57. The van der Waals surface area contributed by atoms with Crippen LogP contribution in [0, 0.1) is 0 Å². The largest absolute Gasteiger partial charge is 0.506 e. The molecule has 6 heteroatoms. The van der Waals surface area contributed by atoms with Crippen LogP contribution in [0.2, 0.25) is 0 Å². The molecule has 80 valence electrons. The van der Waals surface area contributed by atoms with Gasteiger partial charge in [0.1, 0.15) is 10.6 Å². The first-order valence-electron chi connectivity index (χ1n) is 3.86. The van der Waals surface area contributed by atoms with Crippen molar-refractivity contribution in [2.75, 3.05) is 0 Å². The summed E-state index contributed by atoms with van der Waals surface area (Å²) in [5.41, 5.74) is 0. The lowest BCUT2D eigenvalue weighted by molar-refractivity contribution is -0.128. The third-order valence-electron chi connectivity index (χ3n) is 1.49. The van der Waals surface area contributed by atoms with Crippen molar-refractivity contribution in [3.05, 3.63) is 36.9 Å². The van der Waals surface area contributed by atoms with Crippen LogP contribution >= 0.6 is 0 Å². The van der Waals surface area contributed by atoms with Crippen molar-refractivity contribution in [2.24, 2.45) is 0 Å². The molecular weight excluding hydrogens is 220 g/mol. The maximum atomic E-state index is 11.4. The third-order valence-corrected chi connectivity index (χ3v) is 2.76. The first-order chi connectivity index (χ1) is 6.97. The zero-order valence-electron chi connectivity index (χ0n) is 7.58. The smallest absolute Gasteiger partial charge is 0.346 e. The summed E-state index contributed by atoms with van der Waals surface area (Å²) in [5, 5.41) is 9.24. The van der Waals surface area contributed by atoms with Crippen molar-refractivity contribution in [3.8, 4) is 5.75 Å².